The van der Waals surface area contributed by atoms with Crippen LogP contribution in [0.1, 0.15) is 15.9 Å². The SMILES string of the molecule is COc1cccc(C(=O)C=Cc2ccccc2Cl)c1. The Bertz CT molecular complexity index is 618. The summed E-state index contributed by atoms with van der Waals surface area (Å²) >= 11 is 6.02. The predicted octanol–water partition coefficient (Wildman–Crippen LogP) is 4.24. The van der Waals surface area contributed by atoms with Crippen LogP contribution in [0.4, 0.5) is 0 Å². The van der Waals surface area contributed by atoms with Gasteiger partial charge in [0.15, 0.2) is 5.78 Å². The van der Waals surface area contributed by atoms with Gasteiger partial charge in [0.1, 0.15) is 5.75 Å². The van der Waals surface area contributed by atoms with Crippen molar-refractivity contribution >= 4 is 23.5 Å². The summed E-state index contributed by atoms with van der Waals surface area (Å²) in [4.78, 5) is 12.0. The molecule has 0 aliphatic carbocycles. The van der Waals surface area contributed by atoms with Gasteiger partial charge >= 0.3 is 0 Å². The summed E-state index contributed by atoms with van der Waals surface area (Å²) in [5, 5.41) is 0.622. The maximum Gasteiger partial charge on any atom is 0.185 e. The second-order valence-corrected chi connectivity index (χ2v) is 4.36. The average molecular weight is 273 g/mol. The molecule has 0 radical (unpaired) electrons. The van der Waals surface area contributed by atoms with E-state index in [2.05, 4.69) is 0 Å². The largest absolute Gasteiger partial charge is 0.497 e. The van der Waals surface area contributed by atoms with Gasteiger partial charge in [-0.3, -0.25) is 4.79 Å². The van der Waals surface area contributed by atoms with Crippen molar-refractivity contribution in [1.29, 1.82) is 0 Å². The van der Waals surface area contributed by atoms with Crippen LogP contribution < -0.4 is 4.74 Å². The molecule has 0 N–H and O–H groups in total. The molecule has 0 aliphatic heterocycles. The van der Waals surface area contributed by atoms with Gasteiger partial charge in [-0.25, -0.2) is 0 Å². The number of hydrogen-bond acceptors (Lipinski definition) is 2. The highest BCUT2D eigenvalue weighted by atomic mass is 35.5. The molecule has 0 aromatic heterocycles. The number of hydrogen-bond donors (Lipinski definition) is 0. The third-order valence-electron chi connectivity index (χ3n) is 2.67. The molecule has 0 fully saturated rings. The lowest BCUT2D eigenvalue weighted by Crippen LogP contribution is -1.94. The van der Waals surface area contributed by atoms with Crippen LogP contribution in [0.2, 0.25) is 5.02 Å². The smallest absolute Gasteiger partial charge is 0.185 e. The highest BCUT2D eigenvalue weighted by Gasteiger charge is 2.03. The summed E-state index contributed by atoms with van der Waals surface area (Å²) < 4.78 is 5.09. The number of ether oxygens (including phenoxy) is 1. The van der Waals surface area contributed by atoms with Crippen LogP contribution in [0.3, 0.4) is 0 Å². The lowest BCUT2D eigenvalue weighted by Gasteiger charge is -2.01. The van der Waals surface area contributed by atoms with Gasteiger partial charge in [0.05, 0.1) is 7.11 Å². The molecule has 0 spiro atoms. The molecule has 0 amide bonds. The zero-order valence-corrected chi connectivity index (χ0v) is 11.2. The van der Waals surface area contributed by atoms with Gasteiger partial charge in [0.25, 0.3) is 0 Å². The molecule has 0 saturated carbocycles. The minimum atomic E-state index is -0.0844. The van der Waals surface area contributed by atoms with Crippen LogP contribution in [0.5, 0.6) is 5.75 Å². The Labute approximate surface area is 117 Å². The Hall–Kier alpha value is -2.06. The molecule has 0 saturated heterocycles. The van der Waals surface area contributed by atoms with Crippen LogP contribution in [0, 0.1) is 0 Å². The molecule has 0 bridgehead atoms. The molecule has 2 nitrogen and oxygen atoms in total. The van der Waals surface area contributed by atoms with Gasteiger partial charge in [-0.1, -0.05) is 41.9 Å². The van der Waals surface area contributed by atoms with Crippen LogP contribution in [0.25, 0.3) is 6.08 Å². The molecule has 3 heteroatoms. The van der Waals surface area contributed by atoms with Crippen LogP contribution in [0.15, 0.2) is 54.6 Å². The van der Waals surface area contributed by atoms with Crippen LogP contribution in [-0.2, 0) is 0 Å². The molecule has 96 valence electrons. The molecule has 0 unspecified atom stereocenters. The summed E-state index contributed by atoms with van der Waals surface area (Å²) in [6, 6.07) is 14.4. The van der Waals surface area contributed by atoms with Crippen molar-refractivity contribution in [3.8, 4) is 5.75 Å². The number of carbonyl (C=O) groups excluding carboxylic acids is 1. The maximum atomic E-state index is 12.0. The maximum absolute atomic E-state index is 12.0. The first-order chi connectivity index (χ1) is 9.20. The number of allylic oxidation sites excluding steroid dienone is 1. The minimum absolute atomic E-state index is 0.0844. The first-order valence-corrected chi connectivity index (χ1v) is 6.19. The Kier molecular flexibility index (Phi) is 4.37. The van der Waals surface area contributed by atoms with Crippen molar-refractivity contribution < 1.29 is 9.53 Å². The quantitative estimate of drug-likeness (QED) is 0.614. The number of benzene rings is 2. The standard InChI is InChI=1S/C16H13ClO2/c1-19-14-7-4-6-13(11-14)16(18)10-9-12-5-2-3-8-15(12)17/h2-11H,1H3. The highest BCUT2D eigenvalue weighted by Crippen LogP contribution is 2.17. The molecule has 2 aromatic carbocycles. The van der Waals surface area contributed by atoms with Crippen molar-refractivity contribution in [2.75, 3.05) is 7.11 Å². The van der Waals surface area contributed by atoms with Crippen LogP contribution in [-0.4, -0.2) is 12.9 Å². The van der Waals surface area contributed by atoms with E-state index in [0.29, 0.717) is 16.3 Å². The van der Waals surface area contributed by atoms with E-state index >= 15 is 0 Å². The summed E-state index contributed by atoms with van der Waals surface area (Å²) in [7, 11) is 1.57. The molecule has 0 heterocycles. The summed E-state index contributed by atoms with van der Waals surface area (Å²) in [5.41, 5.74) is 1.41. The van der Waals surface area contributed by atoms with E-state index in [1.165, 1.54) is 6.08 Å². The Balaban J connectivity index is 2.19. The Morgan fingerprint density at radius 2 is 1.95 bits per heavy atom. The summed E-state index contributed by atoms with van der Waals surface area (Å²) in [6.07, 6.45) is 3.22. The third-order valence-corrected chi connectivity index (χ3v) is 3.02. The second kappa shape index (κ2) is 6.21. The number of rotatable bonds is 4. The monoisotopic (exact) mass is 272 g/mol. The topological polar surface area (TPSA) is 26.3 Å². The summed E-state index contributed by atoms with van der Waals surface area (Å²) in [6.45, 7) is 0. The van der Waals surface area contributed by atoms with Gasteiger partial charge in [0.2, 0.25) is 0 Å². The number of halogens is 1. The molecule has 0 atom stereocenters. The van der Waals surface area contributed by atoms with Crippen molar-refractivity contribution in [1.82, 2.24) is 0 Å². The van der Waals surface area contributed by atoms with Gasteiger partial charge in [-0.05, 0) is 35.9 Å². The molecule has 2 rings (SSSR count). The first kappa shape index (κ1) is 13.4. The van der Waals surface area contributed by atoms with Crippen LogP contribution >= 0.6 is 11.6 Å². The minimum Gasteiger partial charge on any atom is -0.497 e. The molecule has 19 heavy (non-hydrogen) atoms. The number of carbonyl (C=O) groups is 1. The number of ketones is 1. The Morgan fingerprint density at radius 1 is 1.16 bits per heavy atom. The molecular weight excluding hydrogens is 260 g/mol. The normalized spacial score (nSPS) is 10.6. The highest BCUT2D eigenvalue weighted by molar-refractivity contribution is 6.32. The van der Waals surface area contributed by atoms with Crippen molar-refractivity contribution in [2.24, 2.45) is 0 Å². The van der Waals surface area contributed by atoms with Crippen molar-refractivity contribution in [3.63, 3.8) is 0 Å². The van der Waals surface area contributed by atoms with E-state index in [1.54, 1.807) is 43.5 Å². The van der Waals surface area contributed by atoms with Crippen molar-refractivity contribution in [2.45, 2.75) is 0 Å². The zero-order chi connectivity index (χ0) is 13.7. The van der Waals surface area contributed by atoms with Crippen molar-refractivity contribution in [3.05, 3.63) is 70.8 Å². The van der Waals surface area contributed by atoms with Gasteiger partial charge in [-0.2, -0.15) is 0 Å². The van der Waals surface area contributed by atoms with E-state index in [-0.39, 0.29) is 5.78 Å². The molecular formula is C16H13ClO2. The fraction of sp³-hybridized carbons (Fsp3) is 0.0625. The van der Waals surface area contributed by atoms with Gasteiger partial charge in [-0.15, -0.1) is 0 Å². The average Bonchev–Trinajstić information content (AvgIpc) is 2.46. The van der Waals surface area contributed by atoms with Gasteiger partial charge < -0.3 is 4.74 Å². The molecule has 2 aromatic rings. The number of methoxy groups -OCH3 is 1. The second-order valence-electron chi connectivity index (χ2n) is 3.95. The Morgan fingerprint density at radius 3 is 2.68 bits per heavy atom. The lowest BCUT2D eigenvalue weighted by molar-refractivity contribution is 0.104. The lowest BCUT2D eigenvalue weighted by atomic mass is 10.1. The first-order valence-electron chi connectivity index (χ1n) is 5.81. The predicted molar refractivity (Wildman–Crippen MR) is 77.8 cm³/mol. The fourth-order valence-corrected chi connectivity index (χ4v) is 1.85. The van der Waals surface area contributed by atoms with Gasteiger partial charge in [0, 0.05) is 10.6 Å². The third kappa shape index (κ3) is 3.46. The van der Waals surface area contributed by atoms with E-state index in [9.17, 15) is 4.79 Å². The summed E-state index contributed by atoms with van der Waals surface area (Å²) in [5.74, 6) is 0.579. The van der Waals surface area contributed by atoms with E-state index in [0.717, 1.165) is 5.56 Å². The zero-order valence-electron chi connectivity index (χ0n) is 10.5. The van der Waals surface area contributed by atoms with E-state index in [1.807, 2.05) is 18.2 Å². The fourth-order valence-electron chi connectivity index (χ4n) is 1.65. The van der Waals surface area contributed by atoms with E-state index in [4.69, 9.17) is 16.3 Å². The molecule has 0 aliphatic rings. The van der Waals surface area contributed by atoms with E-state index < -0.39 is 0 Å².